The molecule has 5 nitrogen and oxygen atoms in total. The van der Waals surface area contributed by atoms with Crippen LogP contribution in [0.5, 0.6) is 11.5 Å². The lowest BCUT2D eigenvalue weighted by molar-refractivity contribution is 0.0767. The number of nitrogens with zero attached hydrogens (tertiary/aromatic N) is 2. The largest absolute Gasteiger partial charge is 0.489 e. The van der Waals surface area contributed by atoms with Crippen LogP contribution in [0.15, 0.2) is 168 Å². The van der Waals surface area contributed by atoms with Crippen molar-refractivity contribution in [1.82, 2.24) is 0 Å². The van der Waals surface area contributed by atoms with Gasteiger partial charge in [-0.2, -0.15) is 0 Å². The predicted molar refractivity (Wildman–Crippen MR) is 229 cm³/mol. The first kappa shape index (κ1) is 32.8. The van der Waals surface area contributed by atoms with Gasteiger partial charge in [-0.15, -0.1) is 0 Å². The van der Waals surface area contributed by atoms with Crippen LogP contribution in [0.1, 0.15) is 11.1 Å². The van der Waals surface area contributed by atoms with Gasteiger partial charge < -0.3 is 14.2 Å². The second-order valence-corrected chi connectivity index (χ2v) is 13.8. The summed E-state index contributed by atoms with van der Waals surface area (Å²) in [6.45, 7) is 1.63. The smallest absolute Gasteiger partial charge is 0.145 e. The van der Waals surface area contributed by atoms with Crippen LogP contribution in [0.25, 0.3) is 64.6 Å². The van der Waals surface area contributed by atoms with E-state index < -0.39 is 0 Å². The third kappa shape index (κ3) is 6.15. The van der Waals surface area contributed by atoms with Gasteiger partial charge in [-0.25, -0.2) is 0 Å². The van der Waals surface area contributed by atoms with Crippen molar-refractivity contribution in [3.63, 3.8) is 0 Å². The molecule has 0 bridgehead atoms. The van der Waals surface area contributed by atoms with E-state index in [-0.39, 0.29) is 0 Å². The molecule has 0 radical (unpaired) electrons. The fourth-order valence-electron chi connectivity index (χ4n) is 7.91. The highest BCUT2D eigenvalue weighted by atomic mass is 16.5. The maximum Gasteiger partial charge on any atom is 0.145 e. The molecule has 0 saturated carbocycles. The van der Waals surface area contributed by atoms with Crippen LogP contribution >= 0.6 is 0 Å². The number of rotatable bonds is 12. The van der Waals surface area contributed by atoms with Gasteiger partial charge in [-0.1, -0.05) is 133 Å². The summed E-state index contributed by atoms with van der Waals surface area (Å²) < 4.78 is 18.2. The second kappa shape index (κ2) is 14.2. The van der Waals surface area contributed by atoms with Gasteiger partial charge in [0.1, 0.15) is 36.1 Å². The van der Waals surface area contributed by atoms with E-state index >= 15 is 0 Å². The van der Waals surface area contributed by atoms with Crippen molar-refractivity contribution in [3.05, 3.63) is 169 Å². The predicted octanol–water partition coefficient (Wildman–Crippen LogP) is 12.5. The standard InChI is InChI=1S/C50H36N2O3/c1-3-13-45(43(11-1)51-31-39-21-19-37-17-15-33-7-5-9-35-23-25-41(39)49(37)47(33)35)54-29-27-53-28-30-55-46-14-4-2-12-44(46)52-32-40-22-20-38-18-16-34-8-6-10-36-24-26-42(40)50(38)48(34)36/h1-26,31-32H,27-30H2. The molecule has 0 unspecified atom stereocenters. The molecule has 55 heavy (non-hydrogen) atoms. The SMILES string of the molecule is C(=Nc1ccccc1OCCOCCOc1ccccc1N=Cc1ccc2ccc3cccc4ccc1c2c34)c1ccc2ccc3cccc4ccc1c2c34. The third-order valence-corrected chi connectivity index (χ3v) is 10.5. The van der Waals surface area contributed by atoms with Crippen LogP contribution in [-0.4, -0.2) is 38.9 Å². The van der Waals surface area contributed by atoms with Gasteiger partial charge >= 0.3 is 0 Å². The fourth-order valence-corrected chi connectivity index (χ4v) is 7.91. The Hall–Kier alpha value is -6.82. The molecule has 0 aliphatic carbocycles. The summed E-state index contributed by atoms with van der Waals surface area (Å²) in [7, 11) is 0. The quantitative estimate of drug-likeness (QED) is 0.0720. The Bertz CT molecular complexity index is 2800. The van der Waals surface area contributed by atoms with Crippen molar-refractivity contribution >= 4 is 88.4 Å². The number of benzene rings is 10. The Balaban J connectivity index is 0.762. The van der Waals surface area contributed by atoms with E-state index in [9.17, 15) is 0 Å². The first-order chi connectivity index (χ1) is 27.3. The zero-order valence-corrected chi connectivity index (χ0v) is 30.1. The maximum absolute atomic E-state index is 6.13. The summed E-state index contributed by atoms with van der Waals surface area (Å²) in [5.74, 6) is 1.43. The summed E-state index contributed by atoms with van der Waals surface area (Å²) in [4.78, 5) is 9.75. The number of ether oxygens (including phenoxy) is 3. The van der Waals surface area contributed by atoms with Crippen LogP contribution in [0.3, 0.4) is 0 Å². The van der Waals surface area contributed by atoms with Crippen molar-refractivity contribution in [2.45, 2.75) is 0 Å². The van der Waals surface area contributed by atoms with Crippen molar-refractivity contribution in [1.29, 1.82) is 0 Å². The molecule has 0 saturated heterocycles. The summed E-state index contributed by atoms with van der Waals surface area (Å²) in [5.41, 5.74) is 3.69. The van der Waals surface area contributed by atoms with Crippen molar-refractivity contribution in [2.75, 3.05) is 26.4 Å². The van der Waals surface area contributed by atoms with Crippen molar-refractivity contribution in [2.24, 2.45) is 9.98 Å². The van der Waals surface area contributed by atoms with Gasteiger partial charge in [-0.05, 0) is 88.9 Å². The Morgan fingerprint density at radius 1 is 0.345 bits per heavy atom. The molecule has 0 spiro atoms. The number of hydrogen-bond donors (Lipinski definition) is 0. The van der Waals surface area contributed by atoms with Gasteiger partial charge in [-0.3, -0.25) is 9.98 Å². The Morgan fingerprint density at radius 2 is 0.727 bits per heavy atom. The van der Waals surface area contributed by atoms with Gasteiger partial charge in [0.2, 0.25) is 0 Å². The van der Waals surface area contributed by atoms with Gasteiger partial charge in [0.25, 0.3) is 0 Å². The van der Waals surface area contributed by atoms with E-state index in [2.05, 4.69) is 109 Å². The van der Waals surface area contributed by atoms with Crippen LogP contribution < -0.4 is 9.47 Å². The monoisotopic (exact) mass is 712 g/mol. The summed E-state index contributed by atoms with van der Waals surface area (Å²) in [5, 5.41) is 15.0. The first-order valence-corrected chi connectivity index (χ1v) is 18.7. The van der Waals surface area contributed by atoms with Crippen molar-refractivity contribution < 1.29 is 14.2 Å². The molecule has 264 valence electrons. The molecule has 10 rings (SSSR count). The van der Waals surface area contributed by atoms with Gasteiger partial charge in [0, 0.05) is 23.6 Å². The van der Waals surface area contributed by atoms with Gasteiger partial charge in [0.05, 0.1) is 13.2 Å². The molecule has 10 aromatic rings. The maximum atomic E-state index is 6.13. The summed E-state index contributed by atoms with van der Waals surface area (Å²) in [6, 6.07) is 54.9. The highest BCUT2D eigenvalue weighted by Gasteiger charge is 2.12. The molecular weight excluding hydrogens is 677 g/mol. The zero-order chi connectivity index (χ0) is 36.6. The van der Waals surface area contributed by atoms with E-state index in [1.165, 1.54) is 64.6 Å². The van der Waals surface area contributed by atoms with E-state index in [1.54, 1.807) is 0 Å². The molecule has 0 aromatic heterocycles. The average Bonchev–Trinajstić information content (AvgIpc) is 3.24. The van der Waals surface area contributed by atoms with E-state index in [0.29, 0.717) is 37.9 Å². The number of para-hydroxylation sites is 4. The molecule has 0 aliphatic rings. The minimum absolute atomic E-state index is 0.394. The number of aliphatic imine (C=N–C) groups is 2. The summed E-state index contributed by atoms with van der Waals surface area (Å²) in [6.07, 6.45) is 3.88. The normalized spacial score (nSPS) is 12.2. The molecule has 0 atom stereocenters. The summed E-state index contributed by atoms with van der Waals surface area (Å²) >= 11 is 0. The van der Waals surface area contributed by atoms with Crippen LogP contribution in [0.2, 0.25) is 0 Å². The Morgan fingerprint density at radius 3 is 1.18 bits per heavy atom. The number of hydrogen-bond acceptors (Lipinski definition) is 5. The second-order valence-electron chi connectivity index (χ2n) is 13.8. The molecule has 0 amide bonds. The Kier molecular flexibility index (Phi) is 8.47. The Labute approximate surface area is 318 Å². The van der Waals surface area contributed by atoms with Gasteiger partial charge in [0.15, 0.2) is 0 Å². The third-order valence-electron chi connectivity index (χ3n) is 10.5. The van der Waals surface area contributed by atoms with Crippen molar-refractivity contribution in [3.8, 4) is 11.5 Å². The van der Waals surface area contributed by atoms with E-state index in [0.717, 1.165) is 22.5 Å². The van der Waals surface area contributed by atoms with Crippen LogP contribution in [0.4, 0.5) is 11.4 Å². The highest BCUT2D eigenvalue weighted by Crippen LogP contribution is 2.38. The average molecular weight is 713 g/mol. The molecule has 0 aliphatic heterocycles. The topological polar surface area (TPSA) is 52.4 Å². The lowest BCUT2D eigenvalue weighted by atomic mass is 9.92. The van der Waals surface area contributed by atoms with E-state index in [1.807, 2.05) is 61.0 Å². The first-order valence-electron chi connectivity index (χ1n) is 18.7. The lowest BCUT2D eigenvalue weighted by Gasteiger charge is -2.13. The minimum Gasteiger partial charge on any atom is -0.489 e. The zero-order valence-electron chi connectivity index (χ0n) is 30.1. The molecule has 5 heteroatoms. The van der Waals surface area contributed by atoms with Crippen LogP contribution in [-0.2, 0) is 4.74 Å². The molecule has 0 heterocycles. The fraction of sp³-hybridized carbons (Fsp3) is 0.0800. The molecular formula is C50H36N2O3. The molecule has 0 fully saturated rings. The molecule has 10 aromatic carbocycles. The lowest BCUT2D eigenvalue weighted by Crippen LogP contribution is -2.12. The molecule has 0 N–H and O–H groups in total. The van der Waals surface area contributed by atoms with E-state index in [4.69, 9.17) is 24.2 Å². The highest BCUT2D eigenvalue weighted by molar-refractivity contribution is 6.26. The minimum atomic E-state index is 0.394. The van der Waals surface area contributed by atoms with Crippen LogP contribution in [0, 0.1) is 0 Å².